The zero-order valence-electron chi connectivity index (χ0n) is 9.76. The Morgan fingerprint density at radius 1 is 1.50 bits per heavy atom. The van der Waals surface area contributed by atoms with Gasteiger partial charge in [0.15, 0.2) is 0 Å². The SMILES string of the molecule is Cn1ncnc1CN[C@@H]1CCCC[C@H]1CO. The Morgan fingerprint density at radius 2 is 2.31 bits per heavy atom. The van der Waals surface area contributed by atoms with Crippen molar-refractivity contribution in [3.63, 3.8) is 0 Å². The van der Waals surface area contributed by atoms with Crippen molar-refractivity contribution in [2.24, 2.45) is 13.0 Å². The van der Waals surface area contributed by atoms with Gasteiger partial charge < -0.3 is 10.4 Å². The van der Waals surface area contributed by atoms with E-state index in [0.717, 1.165) is 25.2 Å². The van der Waals surface area contributed by atoms with Gasteiger partial charge in [0.1, 0.15) is 12.2 Å². The molecule has 0 spiro atoms. The molecule has 1 aliphatic rings. The second-order valence-corrected chi connectivity index (χ2v) is 4.51. The van der Waals surface area contributed by atoms with E-state index in [9.17, 15) is 5.11 Å². The minimum atomic E-state index is 0.288. The predicted octanol–water partition coefficient (Wildman–Crippen LogP) is 0.456. The van der Waals surface area contributed by atoms with E-state index in [1.807, 2.05) is 7.05 Å². The zero-order chi connectivity index (χ0) is 11.4. The molecule has 5 heteroatoms. The molecule has 1 aliphatic carbocycles. The first-order chi connectivity index (χ1) is 7.81. The first-order valence-corrected chi connectivity index (χ1v) is 5.98. The van der Waals surface area contributed by atoms with Gasteiger partial charge >= 0.3 is 0 Å². The maximum atomic E-state index is 9.30. The van der Waals surface area contributed by atoms with Crippen LogP contribution in [0.2, 0.25) is 0 Å². The maximum absolute atomic E-state index is 9.30. The van der Waals surface area contributed by atoms with Crippen molar-refractivity contribution in [3.8, 4) is 0 Å². The van der Waals surface area contributed by atoms with Crippen LogP contribution in [0.25, 0.3) is 0 Å². The van der Waals surface area contributed by atoms with E-state index in [2.05, 4.69) is 15.4 Å². The molecule has 0 bridgehead atoms. The van der Waals surface area contributed by atoms with Crippen LogP contribution in [0.15, 0.2) is 6.33 Å². The van der Waals surface area contributed by atoms with Crippen molar-refractivity contribution < 1.29 is 5.11 Å². The Balaban J connectivity index is 1.86. The normalized spacial score (nSPS) is 25.9. The van der Waals surface area contributed by atoms with Gasteiger partial charge in [-0.2, -0.15) is 5.10 Å². The fraction of sp³-hybridized carbons (Fsp3) is 0.818. The molecule has 90 valence electrons. The molecule has 1 saturated carbocycles. The molecule has 0 radical (unpaired) electrons. The van der Waals surface area contributed by atoms with Crippen molar-refractivity contribution in [1.82, 2.24) is 20.1 Å². The number of aryl methyl sites for hydroxylation is 1. The molecule has 0 amide bonds. The molecule has 0 unspecified atom stereocenters. The van der Waals surface area contributed by atoms with Gasteiger partial charge in [-0.25, -0.2) is 4.98 Å². The van der Waals surface area contributed by atoms with E-state index in [1.165, 1.54) is 12.8 Å². The highest BCUT2D eigenvalue weighted by Crippen LogP contribution is 2.24. The molecule has 1 aromatic heterocycles. The van der Waals surface area contributed by atoms with Crippen LogP contribution < -0.4 is 5.32 Å². The molecule has 16 heavy (non-hydrogen) atoms. The van der Waals surface area contributed by atoms with E-state index in [0.29, 0.717) is 12.0 Å². The van der Waals surface area contributed by atoms with Crippen LogP contribution >= 0.6 is 0 Å². The van der Waals surface area contributed by atoms with Gasteiger partial charge in [-0.1, -0.05) is 12.8 Å². The Hall–Kier alpha value is -0.940. The molecule has 2 rings (SSSR count). The van der Waals surface area contributed by atoms with Gasteiger partial charge in [0.2, 0.25) is 0 Å². The maximum Gasteiger partial charge on any atom is 0.140 e. The van der Waals surface area contributed by atoms with E-state index in [1.54, 1.807) is 11.0 Å². The lowest BCUT2D eigenvalue weighted by molar-refractivity contribution is 0.151. The van der Waals surface area contributed by atoms with Gasteiger partial charge in [0, 0.05) is 19.7 Å². The van der Waals surface area contributed by atoms with Crippen LogP contribution in [0.1, 0.15) is 31.5 Å². The third-order valence-corrected chi connectivity index (χ3v) is 3.47. The summed E-state index contributed by atoms with van der Waals surface area (Å²) in [5.41, 5.74) is 0. The number of aromatic nitrogens is 3. The first-order valence-electron chi connectivity index (χ1n) is 5.98. The summed E-state index contributed by atoms with van der Waals surface area (Å²) in [7, 11) is 1.90. The minimum Gasteiger partial charge on any atom is -0.396 e. The molecule has 0 aromatic carbocycles. The quantitative estimate of drug-likeness (QED) is 0.779. The van der Waals surface area contributed by atoms with Crippen molar-refractivity contribution in [2.75, 3.05) is 6.61 Å². The number of rotatable bonds is 4. The lowest BCUT2D eigenvalue weighted by atomic mass is 9.85. The Kier molecular flexibility index (Phi) is 3.90. The fourth-order valence-corrected chi connectivity index (χ4v) is 2.40. The average Bonchev–Trinajstić information content (AvgIpc) is 2.72. The molecule has 1 aromatic rings. The third kappa shape index (κ3) is 2.59. The van der Waals surface area contributed by atoms with Crippen molar-refractivity contribution in [2.45, 2.75) is 38.3 Å². The highest BCUT2D eigenvalue weighted by Gasteiger charge is 2.24. The van der Waals surface area contributed by atoms with Crippen molar-refractivity contribution >= 4 is 0 Å². The topological polar surface area (TPSA) is 63.0 Å². The zero-order valence-corrected chi connectivity index (χ0v) is 9.76. The monoisotopic (exact) mass is 224 g/mol. The standard InChI is InChI=1S/C11H20N4O/c1-15-11(13-8-14-15)6-12-10-5-3-2-4-9(10)7-16/h8-10,12,16H,2-7H2,1H3/t9-,10+/m0/s1. The second-order valence-electron chi connectivity index (χ2n) is 4.51. The van der Waals surface area contributed by atoms with E-state index >= 15 is 0 Å². The summed E-state index contributed by atoms with van der Waals surface area (Å²) in [6.45, 7) is 1.02. The summed E-state index contributed by atoms with van der Waals surface area (Å²) in [6.07, 6.45) is 6.36. The van der Waals surface area contributed by atoms with E-state index < -0.39 is 0 Å². The summed E-state index contributed by atoms with van der Waals surface area (Å²) in [5.74, 6) is 1.35. The first kappa shape index (κ1) is 11.5. The lowest BCUT2D eigenvalue weighted by Crippen LogP contribution is -2.40. The van der Waals surface area contributed by atoms with E-state index in [-0.39, 0.29) is 6.61 Å². The molecular weight excluding hydrogens is 204 g/mol. The van der Waals surface area contributed by atoms with Crippen LogP contribution in [0.4, 0.5) is 0 Å². The molecule has 2 N–H and O–H groups in total. The van der Waals surface area contributed by atoms with Gasteiger partial charge in [-0.3, -0.25) is 4.68 Å². The molecular formula is C11H20N4O. The van der Waals surface area contributed by atoms with Crippen LogP contribution in [-0.2, 0) is 13.6 Å². The van der Waals surface area contributed by atoms with E-state index in [4.69, 9.17) is 0 Å². The highest BCUT2D eigenvalue weighted by atomic mass is 16.3. The molecule has 0 aliphatic heterocycles. The minimum absolute atomic E-state index is 0.288. The molecule has 1 heterocycles. The Morgan fingerprint density at radius 3 is 3.00 bits per heavy atom. The Bertz CT molecular complexity index is 326. The van der Waals surface area contributed by atoms with Gasteiger partial charge in [-0.15, -0.1) is 0 Å². The van der Waals surface area contributed by atoms with Crippen LogP contribution in [-0.4, -0.2) is 32.5 Å². The highest BCUT2D eigenvalue weighted by molar-refractivity contribution is 4.86. The number of aliphatic hydroxyl groups is 1. The van der Waals surface area contributed by atoms with Crippen LogP contribution in [0.3, 0.4) is 0 Å². The van der Waals surface area contributed by atoms with Crippen LogP contribution in [0.5, 0.6) is 0 Å². The summed E-state index contributed by atoms with van der Waals surface area (Å²) < 4.78 is 1.78. The average molecular weight is 224 g/mol. The Labute approximate surface area is 95.9 Å². The van der Waals surface area contributed by atoms with Gasteiger partial charge in [-0.05, 0) is 18.8 Å². The smallest absolute Gasteiger partial charge is 0.140 e. The fourth-order valence-electron chi connectivity index (χ4n) is 2.40. The molecule has 5 nitrogen and oxygen atoms in total. The van der Waals surface area contributed by atoms with Crippen LogP contribution in [0, 0.1) is 5.92 Å². The molecule has 1 fully saturated rings. The van der Waals surface area contributed by atoms with Gasteiger partial charge in [0.05, 0.1) is 6.54 Å². The third-order valence-electron chi connectivity index (χ3n) is 3.47. The summed E-state index contributed by atoms with van der Waals surface area (Å²) in [6, 6.07) is 0.426. The number of nitrogens with one attached hydrogen (secondary N) is 1. The predicted molar refractivity (Wildman–Crippen MR) is 60.7 cm³/mol. The lowest BCUT2D eigenvalue weighted by Gasteiger charge is -2.30. The number of aliphatic hydroxyl groups excluding tert-OH is 1. The number of hydrogen-bond donors (Lipinski definition) is 2. The van der Waals surface area contributed by atoms with Crippen molar-refractivity contribution in [1.29, 1.82) is 0 Å². The summed E-state index contributed by atoms with van der Waals surface area (Å²) >= 11 is 0. The largest absolute Gasteiger partial charge is 0.396 e. The number of nitrogens with zero attached hydrogens (tertiary/aromatic N) is 3. The molecule has 2 atom stereocenters. The number of hydrogen-bond acceptors (Lipinski definition) is 4. The molecule has 0 saturated heterocycles. The van der Waals surface area contributed by atoms with Crippen molar-refractivity contribution in [3.05, 3.63) is 12.2 Å². The summed E-state index contributed by atoms with van der Waals surface area (Å²) in [5, 5.41) is 16.8. The second kappa shape index (κ2) is 5.41. The van der Waals surface area contributed by atoms with Gasteiger partial charge in [0.25, 0.3) is 0 Å². The summed E-state index contributed by atoms with van der Waals surface area (Å²) in [4.78, 5) is 4.18.